The SMILES string of the molecule is CCCC1O[C@@H]2C[C@H]3[C@@H]4CCC5=CC(=O)C=C[C@]5(C)[C@H]4[C@@H](O)C[C@]3(C)[C@]2(C(=O)COC(=O)N(C)CCNC)O1. The number of carbonyl (C=O) groups is 3. The quantitative estimate of drug-likeness (QED) is 0.479. The number of likely N-dealkylation sites (N-methyl/N-ethyl adjacent to an activating group) is 2. The third kappa shape index (κ3) is 4.31. The van der Waals surface area contributed by atoms with Crippen molar-refractivity contribution in [1.29, 1.82) is 0 Å². The molecular formula is C30H44N2O7. The fourth-order valence-corrected chi connectivity index (χ4v) is 8.72. The predicted molar refractivity (Wildman–Crippen MR) is 144 cm³/mol. The zero-order chi connectivity index (χ0) is 28.2. The van der Waals surface area contributed by atoms with Gasteiger partial charge in [0.25, 0.3) is 0 Å². The highest BCUT2D eigenvalue weighted by Crippen LogP contribution is 2.69. The van der Waals surface area contributed by atoms with Crippen molar-refractivity contribution < 1.29 is 33.7 Å². The molecule has 1 aliphatic heterocycles. The molecule has 0 bridgehead atoms. The lowest BCUT2D eigenvalue weighted by molar-refractivity contribution is -0.200. The number of aliphatic hydroxyl groups excluding tert-OH is 1. The first kappa shape index (κ1) is 28.5. The molecule has 1 heterocycles. The normalized spacial score (nSPS) is 42.2. The van der Waals surface area contributed by atoms with Crippen LogP contribution in [0.15, 0.2) is 23.8 Å². The first-order valence-electron chi connectivity index (χ1n) is 14.5. The Kier molecular flexibility index (Phi) is 7.59. The molecule has 3 saturated carbocycles. The van der Waals surface area contributed by atoms with Crippen molar-refractivity contribution >= 4 is 17.7 Å². The van der Waals surface area contributed by atoms with Gasteiger partial charge in [0.15, 0.2) is 24.3 Å². The van der Waals surface area contributed by atoms with Gasteiger partial charge in [-0.25, -0.2) is 4.79 Å². The van der Waals surface area contributed by atoms with Crippen LogP contribution in [0.2, 0.25) is 0 Å². The highest BCUT2D eigenvalue weighted by Gasteiger charge is 2.75. The molecule has 0 aromatic rings. The molecule has 0 aromatic heterocycles. The molecule has 0 spiro atoms. The molecule has 1 amide bonds. The van der Waals surface area contributed by atoms with Crippen LogP contribution in [0.25, 0.3) is 0 Å². The number of ketones is 2. The van der Waals surface area contributed by atoms with Gasteiger partial charge in [-0.1, -0.05) is 38.8 Å². The third-order valence-electron chi connectivity index (χ3n) is 10.6. The second kappa shape index (κ2) is 10.4. The Morgan fingerprint density at radius 2 is 2.08 bits per heavy atom. The molecule has 216 valence electrons. The van der Waals surface area contributed by atoms with Crippen LogP contribution in [-0.2, 0) is 23.8 Å². The van der Waals surface area contributed by atoms with Crippen LogP contribution in [0.1, 0.15) is 59.3 Å². The van der Waals surface area contributed by atoms with Gasteiger partial charge in [0.1, 0.15) is 0 Å². The van der Waals surface area contributed by atoms with Crippen molar-refractivity contribution in [3.63, 3.8) is 0 Å². The summed E-state index contributed by atoms with van der Waals surface area (Å²) in [4.78, 5) is 40.3. The van der Waals surface area contributed by atoms with E-state index in [1.165, 1.54) is 4.90 Å². The number of nitrogens with one attached hydrogen (secondary N) is 1. The largest absolute Gasteiger partial charge is 0.441 e. The average molecular weight is 545 g/mol. The van der Waals surface area contributed by atoms with Crippen molar-refractivity contribution in [2.45, 2.75) is 83.4 Å². The molecule has 39 heavy (non-hydrogen) atoms. The number of allylic oxidation sites excluding steroid dienone is 4. The number of hydrogen-bond donors (Lipinski definition) is 2. The zero-order valence-corrected chi connectivity index (χ0v) is 23.9. The van der Waals surface area contributed by atoms with Gasteiger partial charge >= 0.3 is 6.09 Å². The molecule has 9 heteroatoms. The second-order valence-corrected chi connectivity index (χ2v) is 12.6. The number of amides is 1. The number of rotatable bonds is 8. The number of hydrogen-bond acceptors (Lipinski definition) is 8. The first-order valence-corrected chi connectivity index (χ1v) is 14.5. The molecule has 0 aromatic carbocycles. The van der Waals surface area contributed by atoms with E-state index >= 15 is 0 Å². The fraction of sp³-hybridized carbons (Fsp3) is 0.767. The summed E-state index contributed by atoms with van der Waals surface area (Å²) >= 11 is 0. The summed E-state index contributed by atoms with van der Waals surface area (Å²) in [6.45, 7) is 6.93. The first-order chi connectivity index (χ1) is 18.5. The molecule has 1 saturated heterocycles. The monoisotopic (exact) mass is 544 g/mol. The molecule has 1 unspecified atom stereocenters. The minimum Gasteiger partial charge on any atom is -0.441 e. The maximum atomic E-state index is 14.1. The van der Waals surface area contributed by atoms with Gasteiger partial charge in [-0.2, -0.15) is 0 Å². The van der Waals surface area contributed by atoms with Gasteiger partial charge in [0.2, 0.25) is 5.78 Å². The minimum absolute atomic E-state index is 0.00549. The third-order valence-corrected chi connectivity index (χ3v) is 10.6. The maximum absolute atomic E-state index is 14.1. The Hall–Kier alpha value is -2.07. The Labute approximate surface area is 231 Å². The molecule has 9 atom stereocenters. The summed E-state index contributed by atoms with van der Waals surface area (Å²) in [6.07, 6.45) is 7.32. The van der Waals surface area contributed by atoms with Gasteiger partial charge in [0, 0.05) is 36.9 Å². The van der Waals surface area contributed by atoms with Gasteiger partial charge in [-0.15, -0.1) is 0 Å². The van der Waals surface area contributed by atoms with Gasteiger partial charge in [-0.05, 0) is 63.1 Å². The topological polar surface area (TPSA) is 114 Å². The van der Waals surface area contributed by atoms with Crippen molar-refractivity contribution in [3.05, 3.63) is 23.8 Å². The van der Waals surface area contributed by atoms with Crippen molar-refractivity contribution in [1.82, 2.24) is 10.2 Å². The van der Waals surface area contributed by atoms with Gasteiger partial charge in [-0.3, -0.25) is 9.59 Å². The van der Waals surface area contributed by atoms with Crippen LogP contribution >= 0.6 is 0 Å². The second-order valence-electron chi connectivity index (χ2n) is 12.6. The van der Waals surface area contributed by atoms with E-state index in [0.717, 1.165) is 24.8 Å². The Morgan fingerprint density at radius 3 is 2.79 bits per heavy atom. The summed E-state index contributed by atoms with van der Waals surface area (Å²) < 4.78 is 18.5. The Morgan fingerprint density at radius 1 is 1.31 bits per heavy atom. The summed E-state index contributed by atoms with van der Waals surface area (Å²) in [7, 11) is 3.45. The van der Waals surface area contributed by atoms with Gasteiger partial charge < -0.3 is 29.5 Å². The fourth-order valence-electron chi connectivity index (χ4n) is 8.72. The number of nitrogens with zero attached hydrogens (tertiary/aromatic N) is 1. The lowest BCUT2D eigenvalue weighted by Gasteiger charge is -2.59. The zero-order valence-electron chi connectivity index (χ0n) is 23.9. The summed E-state index contributed by atoms with van der Waals surface area (Å²) in [5.74, 6) is -0.119. The Bertz CT molecular complexity index is 1070. The van der Waals surface area contributed by atoms with Crippen LogP contribution in [0, 0.1) is 28.6 Å². The summed E-state index contributed by atoms with van der Waals surface area (Å²) in [6, 6.07) is 0. The van der Waals surface area contributed by atoms with E-state index in [4.69, 9.17) is 14.2 Å². The number of carbonyl (C=O) groups excluding carboxylic acids is 3. The van der Waals surface area contributed by atoms with E-state index in [2.05, 4.69) is 19.2 Å². The van der Waals surface area contributed by atoms with Crippen LogP contribution in [-0.4, -0.2) is 85.6 Å². The Balaban J connectivity index is 1.44. The van der Waals surface area contributed by atoms with E-state index in [-0.39, 0.29) is 29.3 Å². The number of fused-ring (bicyclic) bond motifs is 7. The number of Topliss-reactive ketones (excluding diaryl/α,β-unsaturated/α-hetero) is 1. The molecule has 4 fully saturated rings. The molecule has 9 nitrogen and oxygen atoms in total. The molecule has 5 rings (SSSR count). The standard InChI is InChI=1S/C30H44N2O7/c1-6-7-25-38-24-15-21-20-9-8-18-14-19(33)10-11-28(18,2)26(20)22(34)16-29(21,3)30(24,39-25)23(35)17-37-27(36)32(5)13-12-31-4/h10-11,14,20-22,24-26,31,34H,6-9,12-13,15-17H2,1-5H3/t20-,21-,22-,24+,25?,26+,28-,29-,30+/m0/s1. The van der Waals surface area contributed by atoms with Crippen molar-refractivity contribution in [2.24, 2.45) is 28.6 Å². The summed E-state index contributed by atoms with van der Waals surface area (Å²) in [5.41, 5.74) is -1.28. The number of aliphatic hydroxyl groups is 1. The highest BCUT2D eigenvalue weighted by molar-refractivity contribution is 6.01. The molecule has 0 radical (unpaired) electrons. The molecular weight excluding hydrogens is 500 g/mol. The average Bonchev–Trinajstić information content (AvgIpc) is 3.38. The van der Waals surface area contributed by atoms with Gasteiger partial charge in [0.05, 0.1) is 12.2 Å². The van der Waals surface area contributed by atoms with E-state index in [9.17, 15) is 19.5 Å². The smallest absolute Gasteiger partial charge is 0.409 e. The predicted octanol–water partition coefficient (Wildman–Crippen LogP) is 3.01. The maximum Gasteiger partial charge on any atom is 0.409 e. The molecule has 2 N–H and O–H groups in total. The van der Waals surface area contributed by atoms with E-state index < -0.39 is 47.6 Å². The van der Waals surface area contributed by atoms with Crippen LogP contribution in [0.3, 0.4) is 0 Å². The van der Waals surface area contributed by atoms with Crippen LogP contribution in [0.4, 0.5) is 4.79 Å². The van der Waals surface area contributed by atoms with E-state index in [1.54, 1.807) is 26.2 Å². The molecule has 5 aliphatic rings. The van der Waals surface area contributed by atoms with E-state index in [0.29, 0.717) is 32.4 Å². The minimum atomic E-state index is -1.29. The highest BCUT2D eigenvalue weighted by atomic mass is 16.7. The molecule has 4 aliphatic carbocycles. The number of ether oxygens (including phenoxy) is 3. The summed E-state index contributed by atoms with van der Waals surface area (Å²) in [5, 5.41) is 14.8. The van der Waals surface area contributed by atoms with Crippen molar-refractivity contribution in [3.8, 4) is 0 Å². The van der Waals surface area contributed by atoms with Crippen LogP contribution in [0.5, 0.6) is 0 Å². The lowest BCUT2D eigenvalue weighted by Crippen LogP contribution is -2.63. The van der Waals surface area contributed by atoms with Crippen molar-refractivity contribution in [2.75, 3.05) is 33.8 Å². The van der Waals surface area contributed by atoms with Crippen LogP contribution < -0.4 is 5.32 Å². The van der Waals surface area contributed by atoms with E-state index in [1.807, 2.05) is 13.0 Å². The lowest BCUT2D eigenvalue weighted by atomic mass is 9.46.